The second-order valence-corrected chi connectivity index (χ2v) is 7.01. The predicted octanol–water partition coefficient (Wildman–Crippen LogP) is 6.55. The van der Waals surface area contributed by atoms with Crippen molar-refractivity contribution >= 4 is 56.3 Å². The molecular weight excluding hydrogens is 380 g/mol. The van der Waals surface area contributed by atoms with Crippen molar-refractivity contribution in [2.24, 2.45) is 0 Å². The van der Waals surface area contributed by atoms with Crippen molar-refractivity contribution in [3.63, 3.8) is 0 Å². The number of nitrogens with one attached hydrogen (secondary N) is 1. The minimum Gasteiger partial charge on any atom is -0.340 e. The molecule has 0 spiro atoms. The maximum atomic E-state index is 13.4. The normalized spacial score (nSPS) is 11.0. The fourth-order valence-electron chi connectivity index (χ4n) is 2.52. The van der Waals surface area contributed by atoms with Crippen molar-refractivity contribution in [3.05, 3.63) is 70.0 Å². The second kappa shape index (κ2) is 6.59. The molecule has 0 fully saturated rings. The first-order valence-corrected chi connectivity index (χ1v) is 8.95. The van der Waals surface area contributed by atoms with Gasteiger partial charge < -0.3 is 5.32 Å². The van der Waals surface area contributed by atoms with Crippen molar-refractivity contribution in [1.82, 2.24) is 9.97 Å². The van der Waals surface area contributed by atoms with Gasteiger partial charge in [-0.05, 0) is 35.9 Å². The quantitative estimate of drug-likeness (QED) is 0.431. The van der Waals surface area contributed by atoms with Gasteiger partial charge in [-0.2, -0.15) is 0 Å². The van der Waals surface area contributed by atoms with Crippen LogP contribution in [0.3, 0.4) is 0 Å². The van der Waals surface area contributed by atoms with E-state index in [0.717, 1.165) is 21.3 Å². The summed E-state index contributed by atoms with van der Waals surface area (Å²) >= 11 is 13.4. The lowest BCUT2D eigenvalue weighted by Gasteiger charge is -2.09. The first-order valence-electron chi connectivity index (χ1n) is 7.32. The molecule has 0 saturated heterocycles. The van der Waals surface area contributed by atoms with Crippen LogP contribution in [0.15, 0.2) is 54.2 Å². The number of rotatable bonds is 3. The van der Waals surface area contributed by atoms with Crippen LogP contribution in [0.1, 0.15) is 0 Å². The molecule has 0 aliphatic rings. The molecule has 2 aromatic heterocycles. The molecule has 0 aliphatic carbocycles. The number of benzene rings is 2. The molecule has 0 radical (unpaired) electrons. The van der Waals surface area contributed by atoms with E-state index >= 15 is 0 Å². The molecule has 0 aliphatic heterocycles. The Kier molecular flexibility index (Phi) is 4.29. The number of nitrogens with zero attached hydrogens (tertiary/aromatic N) is 2. The van der Waals surface area contributed by atoms with Crippen LogP contribution in [-0.2, 0) is 0 Å². The zero-order valence-electron chi connectivity index (χ0n) is 12.6. The molecule has 4 rings (SSSR count). The van der Waals surface area contributed by atoms with Gasteiger partial charge in [-0.25, -0.2) is 14.4 Å². The van der Waals surface area contributed by atoms with E-state index in [1.807, 2.05) is 29.6 Å². The smallest absolute Gasteiger partial charge is 0.143 e. The predicted molar refractivity (Wildman–Crippen MR) is 103 cm³/mol. The molecule has 0 amide bonds. The summed E-state index contributed by atoms with van der Waals surface area (Å²) < 4.78 is 13.4. The van der Waals surface area contributed by atoms with E-state index in [1.54, 1.807) is 6.07 Å². The fourth-order valence-corrected chi connectivity index (χ4v) is 3.74. The lowest BCUT2D eigenvalue weighted by molar-refractivity contribution is 0.628. The van der Waals surface area contributed by atoms with E-state index in [1.165, 1.54) is 29.8 Å². The third-order valence-corrected chi connectivity index (χ3v) is 5.14. The maximum absolute atomic E-state index is 13.4. The molecule has 124 valence electrons. The highest BCUT2D eigenvalue weighted by Crippen LogP contribution is 2.38. The van der Waals surface area contributed by atoms with E-state index < -0.39 is 5.82 Å². The average Bonchev–Trinajstić information content (AvgIpc) is 3.04. The number of anilines is 2. The van der Waals surface area contributed by atoms with Crippen molar-refractivity contribution in [2.45, 2.75) is 0 Å². The lowest BCUT2D eigenvalue weighted by Crippen LogP contribution is -1.96. The van der Waals surface area contributed by atoms with Crippen molar-refractivity contribution in [3.8, 4) is 11.1 Å². The van der Waals surface area contributed by atoms with Crippen molar-refractivity contribution in [1.29, 1.82) is 0 Å². The minimum atomic E-state index is -0.461. The molecule has 25 heavy (non-hydrogen) atoms. The zero-order valence-corrected chi connectivity index (χ0v) is 15.0. The summed E-state index contributed by atoms with van der Waals surface area (Å²) in [7, 11) is 0. The monoisotopic (exact) mass is 389 g/mol. The largest absolute Gasteiger partial charge is 0.340 e. The van der Waals surface area contributed by atoms with E-state index in [0.29, 0.717) is 16.5 Å². The summed E-state index contributed by atoms with van der Waals surface area (Å²) in [6.07, 6.45) is 1.50. The number of halogens is 3. The molecule has 0 bridgehead atoms. The van der Waals surface area contributed by atoms with Crippen molar-refractivity contribution < 1.29 is 4.39 Å². The Morgan fingerprint density at radius 2 is 1.80 bits per heavy atom. The molecule has 0 atom stereocenters. The Hall–Kier alpha value is -2.21. The SMILES string of the molecule is Fc1ccc(Nc2ncnc3scc(-c4ccc(Cl)cc4)c23)cc1Cl. The molecule has 3 nitrogen and oxygen atoms in total. The summed E-state index contributed by atoms with van der Waals surface area (Å²) in [5, 5.41) is 6.87. The lowest BCUT2D eigenvalue weighted by atomic mass is 10.1. The van der Waals surface area contributed by atoms with Gasteiger partial charge in [-0.3, -0.25) is 0 Å². The van der Waals surface area contributed by atoms with E-state index in [-0.39, 0.29) is 5.02 Å². The van der Waals surface area contributed by atoms with Crippen LogP contribution < -0.4 is 5.32 Å². The van der Waals surface area contributed by atoms with Crippen LogP contribution in [0.2, 0.25) is 10.0 Å². The summed E-state index contributed by atoms with van der Waals surface area (Å²) in [6, 6.07) is 12.1. The fraction of sp³-hybridized carbons (Fsp3) is 0. The number of thiophene rings is 1. The summed E-state index contributed by atoms with van der Waals surface area (Å²) in [5.41, 5.74) is 2.68. The highest BCUT2D eigenvalue weighted by Gasteiger charge is 2.14. The van der Waals surface area contributed by atoms with Gasteiger partial charge in [0, 0.05) is 21.7 Å². The van der Waals surface area contributed by atoms with Gasteiger partial charge in [-0.1, -0.05) is 35.3 Å². The highest BCUT2D eigenvalue weighted by molar-refractivity contribution is 7.17. The van der Waals surface area contributed by atoms with Crippen molar-refractivity contribution in [2.75, 3.05) is 5.32 Å². The standard InChI is InChI=1S/C18H10Cl2FN3S/c19-11-3-1-10(2-4-11)13-8-25-18-16(13)17(22-9-23-18)24-12-5-6-15(21)14(20)7-12/h1-9H,(H,22,23,24). The molecule has 2 heterocycles. The van der Waals surface area contributed by atoms with Gasteiger partial charge in [0.15, 0.2) is 0 Å². The molecular formula is C18H10Cl2FN3S. The van der Waals surface area contributed by atoms with Gasteiger partial charge in [-0.15, -0.1) is 11.3 Å². The number of hydrogen-bond acceptors (Lipinski definition) is 4. The maximum Gasteiger partial charge on any atom is 0.143 e. The highest BCUT2D eigenvalue weighted by atomic mass is 35.5. The Bertz CT molecular complexity index is 1060. The second-order valence-electron chi connectivity index (χ2n) is 5.31. The van der Waals surface area contributed by atoms with Crippen LogP contribution in [0.25, 0.3) is 21.3 Å². The van der Waals surface area contributed by atoms with Gasteiger partial charge in [0.25, 0.3) is 0 Å². The molecule has 2 aromatic carbocycles. The molecule has 0 unspecified atom stereocenters. The average molecular weight is 390 g/mol. The van der Waals surface area contributed by atoms with Crippen LogP contribution in [0.4, 0.5) is 15.9 Å². The van der Waals surface area contributed by atoms with Gasteiger partial charge in [0.2, 0.25) is 0 Å². The third-order valence-electron chi connectivity index (χ3n) is 3.71. The Morgan fingerprint density at radius 3 is 2.56 bits per heavy atom. The van der Waals surface area contributed by atoms with Gasteiger partial charge in [0.1, 0.15) is 22.8 Å². The van der Waals surface area contributed by atoms with Gasteiger partial charge in [0.05, 0.1) is 10.4 Å². The Morgan fingerprint density at radius 1 is 1.00 bits per heavy atom. The zero-order chi connectivity index (χ0) is 17.4. The number of hydrogen-bond donors (Lipinski definition) is 1. The van der Waals surface area contributed by atoms with Crippen LogP contribution in [0, 0.1) is 5.82 Å². The summed E-state index contributed by atoms with van der Waals surface area (Å²) in [5.74, 6) is 0.177. The van der Waals surface area contributed by atoms with Crippen LogP contribution in [-0.4, -0.2) is 9.97 Å². The van der Waals surface area contributed by atoms with Crippen LogP contribution in [0.5, 0.6) is 0 Å². The van der Waals surface area contributed by atoms with E-state index in [2.05, 4.69) is 15.3 Å². The Balaban J connectivity index is 1.82. The first kappa shape index (κ1) is 16.3. The van der Waals surface area contributed by atoms with Crippen LogP contribution >= 0.6 is 34.5 Å². The molecule has 1 N–H and O–H groups in total. The third kappa shape index (κ3) is 3.18. The summed E-state index contributed by atoms with van der Waals surface area (Å²) in [6.45, 7) is 0. The number of aromatic nitrogens is 2. The molecule has 4 aromatic rings. The topological polar surface area (TPSA) is 37.8 Å². The van der Waals surface area contributed by atoms with Gasteiger partial charge >= 0.3 is 0 Å². The number of fused-ring (bicyclic) bond motifs is 1. The molecule has 7 heteroatoms. The van der Waals surface area contributed by atoms with E-state index in [9.17, 15) is 4.39 Å². The minimum absolute atomic E-state index is 0.0542. The van der Waals surface area contributed by atoms with E-state index in [4.69, 9.17) is 23.2 Å². The first-order chi connectivity index (χ1) is 12.1. The Labute approximate surface area is 157 Å². The molecule has 0 saturated carbocycles. The summed E-state index contributed by atoms with van der Waals surface area (Å²) in [4.78, 5) is 9.54.